The van der Waals surface area contributed by atoms with Crippen molar-refractivity contribution in [1.82, 2.24) is 14.5 Å². The summed E-state index contributed by atoms with van der Waals surface area (Å²) in [5, 5.41) is 2.96. The van der Waals surface area contributed by atoms with Crippen LogP contribution in [0, 0.1) is 0 Å². The summed E-state index contributed by atoms with van der Waals surface area (Å²) in [6.45, 7) is 2.04. The van der Waals surface area contributed by atoms with Gasteiger partial charge in [0.05, 0.1) is 22.8 Å². The molecular formula is C21H30N4O4S. The molecule has 1 aliphatic heterocycles. The van der Waals surface area contributed by atoms with Crippen LogP contribution in [0.3, 0.4) is 0 Å². The number of hydrogen-bond acceptors (Lipinski definition) is 6. The van der Waals surface area contributed by atoms with Crippen LogP contribution in [0.15, 0.2) is 45.9 Å². The van der Waals surface area contributed by atoms with Crippen LogP contribution in [0.4, 0.5) is 5.69 Å². The topological polar surface area (TPSA) is 86.1 Å². The molecule has 164 valence electrons. The zero-order valence-electron chi connectivity index (χ0n) is 18.0. The molecule has 1 aromatic carbocycles. The summed E-state index contributed by atoms with van der Waals surface area (Å²) in [6.07, 6.45) is 3.72. The molecule has 3 rings (SSSR count). The van der Waals surface area contributed by atoms with E-state index in [2.05, 4.69) is 10.2 Å². The fraction of sp³-hybridized carbons (Fsp3) is 0.476. The number of rotatable bonds is 8. The molecule has 0 bridgehead atoms. The van der Waals surface area contributed by atoms with Crippen LogP contribution in [0.25, 0.3) is 0 Å². The third-order valence-corrected chi connectivity index (χ3v) is 7.20. The largest absolute Gasteiger partial charge is 0.468 e. The van der Waals surface area contributed by atoms with Gasteiger partial charge < -0.3 is 14.6 Å². The summed E-state index contributed by atoms with van der Waals surface area (Å²) < 4.78 is 31.9. The fourth-order valence-corrected chi connectivity index (χ4v) is 4.53. The predicted octanol–water partition coefficient (Wildman–Crippen LogP) is 2.16. The van der Waals surface area contributed by atoms with Crippen molar-refractivity contribution in [1.29, 1.82) is 0 Å². The lowest BCUT2D eigenvalue weighted by Gasteiger charge is -2.25. The first-order chi connectivity index (χ1) is 14.2. The Morgan fingerprint density at radius 2 is 1.87 bits per heavy atom. The standard InChI is InChI=1S/C21H30N4O4S/c1-23(2)19(20-8-7-13-29-20)15-22-21(26)17-14-16(30(27,28)24(3)4)9-10-18(17)25-11-5-6-12-25/h7-10,13-14,19H,5-6,11-12,15H2,1-4H3,(H,22,26). The molecule has 0 spiro atoms. The molecule has 1 atom stereocenters. The van der Waals surface area contributed by atoms with Crippen LogP contribution in [0.2, 0.25) is 0 Å². The van der Waals surface area contributed by atoms with Gasteiger partial charge in [0, 0.05) is 39.4 Å². The SMILES string of the molecule is CN(C)C(CNC(=O)c1cc(S(=O)(=O)N(C)C)ccc1N1CCCC1)c1ccco1. The van der Waals surface area contributed by atoms with E-state index in [-0.39, 0.29) is 16.8 Å². The third kappa shape index (κ3) is 4.69. The lowest BCUT2D eigenvalue weighted by atomic mass is 10.1. The lowest BCUT2D eigenvalue weighted by Crippen LogP contribution is -2.35. The maximum absolute atomic E-state index is 13.2. The Balaban J connectivity index is 1.90. The molecule has 1 fully saturated rings. The van der Waals surface area contributed by atoms with Crippen LogP contribution < -0.4 is 10.2 Å². The van der Waals surface area contributed by atoms with Crippen LogP contribution in [-0.4, -0.2) is 71.4 Å². The first-order valence-electron chi connectivity index (χ1n) is 10.0. The Kier molecular flexibility index (Phi) is 6.84. The summed E-state index contributed by atoms with van der Waals surface area (Å²) in [5.74, 6) is 0.454. The Labute approximate surface area is 178 Å². The van der Waals surface area contributed by atoms with Crippen LogP contribution in [0.5, 0.6) is 0 Å². The number of furan rings is 1. The molecule has 9 heteroatoms. The van der Waals surface area contributed by atoms with E-state index in [4.69, 9.17) is 4.42 Å². The molecule has 1 saturated heterocycles. The Bertz CT molecular complexity index is 965. The van der Waals surface area contributed by atoms with Crippen molar-refractivity contribution in [2.75, 3.05) is 52.7 Å². The monoisotopic (exact) mass is 434 g/mol. The maximum Gasteiger partial charge on any atom is 0.253 e. The lowest BCUT2D eigenvalue weighted by molar-refractivity contribution is 0.0939. The van der Waals surface area contributed by atoms with E-state index in [0.717, 1.165) is 41.7 Å². The maximum atomic E-state index is 13.2. The third-order valence-electron chi connectivity index (χ3n) is 5.39. The highest BCUT2D eigenvalue weighted by Gasteiger charge is 2.25. The number of likely N-dealkylation sites (N-methyl/N-ethyl adjacent to an activating group) is 1. The fourth-order valence-electron chi connectivity index (χ4n) is 3.61. The normalized spacial score (nSPS) is 15.7. The second-order valence-electron chi connectivity index (χ2n) is 7.87. The van der Waals surface area contributed by atoms with Crippen molar-refractivity contribution in [3.8, 4) is 0 Å². The number of benzene rings is 1. The second kappa shape index (κ2) is 9.20. The van der Waals surface area contributed by atoms with E-state index >= 15 is 0 Å². The Hall–Kier alpha value is -2.36. The molecule has 2 aromatic rings. The van der Waals surface area contributed by atoms with Crippen molar-refractivity contribution in [3.63, 3.8) is 0 Å². The van der Waals surface area contributed by atoms with Crippen LogP contribution in [-0.2, 0) is 10.0 Å². The van der Waals surface area contributed by atoms with E-state index in [9.17, 15) is 13.2 Å². The molecule has 1 aliphatic rings. The van der Waals surface area contributed by atoms with Gasteiger partial charge in [-0.05, 0) is 57.3 Å². The second-order valence-corrected chi connectivity index (χ2v) is 10.0. The number of hydrogen-bond donors (Lipinski definition) is 1. The van der Waals surface area contributed by atoms with Gasteiger partial charge in [-0.15, -0.1) is 0 Å². The first kappa shape index (κ1) is 22.3. The van der Waals surface area contributed by atoms with Gasteiger partial charge in [0.25, 0.3) is 5.91 Å². The molecule has 1 amide bonds. The molecule has 0 saturated carbocycles. The zero-order valence-corrected chi connectivity index (χ0v) is 18.8. The number of sulfonamides is 1. The quantitative estimate of drug-likeness (QED) is 0.685. The average molecular weight is 435 g/mol. The number of anilines is 1. The highest BCUT2D eigenvalue weighted by molar-refractivity contribution is 7.89. The van der Waals surface area contributed by atoms with Crippen LogP contribution >= 0.6 is 0 Å². The molecule has 0 radical (unpaired) electrons. The number of nitrogens with zero attached hydrogens (tertiary/aromatic N) is 3. The van der Waals surface area contributed by atoms with Crippen molar-refractivity contribution < 1.29 is 17.6 Å². The summed E-state index contributed by atoms with van der Waals surface area (Å²) in [5.41, 5.74) is 1.14. The number of amides is 1. The number of nitrogens with one attached hydrogen (secondary N) is 1. The van der Waals surface area contributed by atoms with Gasteiger partial charge >= 0.3 is 0 Å². The van der Waals surface area contributed by atoms with Crippen molar-refractivity contribution in [3.05, 3.63) is 47.9 Å². The summed E-state index contributed by atoms with van der Waals surface area (Å²) in [6, 6.07) is 8.35. The molecule has 0 aliphatic carbocycles. The molecular weight excluding hydrogens is 404 g/mol. The van der Waals surface area contributed by atoms with E-state index in [1.54, 1.807) is 18.4 Å². The molecule has 2 heterocycles. The highest BCUT2D eigenvalue weighted by Crippen LogP contribution is 2.28. The highest BCUT2D eigenvalue weighted by atomic mass is 32.2. The molecule has 1 N–H and O–H groups in total. The van der Waals surface area contributed by atoms with Gasteiger partial charge in [-0.2, -0.15) is 0 Å². The summed E-state index contributed by atoms with van der Waals surface area (Å²) in [7, 11) is 3.15. The minimum Gasteiger partial charge on any atom is -0.468 e. The minimum atomic E-state index is -3.64. The zero-order chi connectivity index (χ0) is 21.9. The number of carbonyl (C=O) groups excluding carboxylic acids is 1. The van der Waals surface area contributed by atoms with Crippen LogP contribution in [0.1, 0.15) is 35.0 Å². The molecule has 1 unspecified atom stereocenters. The smallest absolute Gasteiger partial charge is 0.253 e. The first-order valence-corrected chi connectivity index (χ1v) is 11.5. The minimum absolute atomic E-state index is 0.107. The number of carbonyl (C=O) groups is 1. The van der Waals surface area contributed by atoms with Crippen molar-refractivity contribution in [2.45, 2.75) is 23.8 Å². The molecule has 30 heavy (non-hydrogen) atoms. The van der Waals surface area contributed by atoms with Gasteiger partial charge in [0.1, 0.15) is 5.76 Å². The predicted molar refractivity (Wildman–Crippen MR) is 116 cm³/mol. The van der Waals surface area contributed by atoms with Gasteiger partial charge in [-0.1, -0.05) is 0 Å². The summed E-state index contributed by atoms with van der Waals surface area (Å²) >= 11 is 0. The van der Waals surface area contributed by atoms with Crippen molar-refractivity contribution >= 4 is 21.6 Å². The molecule has 1 aromatic heterocycles. The summed E-state index contributed by atoms with van der Waals surface area (Å²) in [4.78, 5) is 17.4. The van der Waals surface area contributed by atoms with E-state index in [0.29, 0.717) is 12.1 Å². The van der Waals surface area contributed by atoms with Gasteiger partial charge in [-0.25, -0.2) is 12.7 Å². The Morgan fingerprint density at radius 3 is 2.43 bits per heavy atom. The van der Waals surface area contributed by atoms with Gasteiger partial charge in [-0.3, -0.25) is 9.69 Å². The van der Waals surface area contributed by atoms with E-state index in [1.807, 2.05) is 31.1 Å². The van der Waals surface area contributed by atoms with Crippen molar-refractivity contribution in [2.24, 2.45) is 0 Å². The van der Waals surface area contributed by atoms with E-state index in [1.165, 1.54) is 20.2 Å². The average Bonchev–Trinajstić information content (AvgIpc) is 3.41. The van der Waals surface area contributed by atoms with Gasteiger partial charge in [0.15, 0.2) is 0 Å². The van der Waals surface area contributed by atoms with E-state index < -0.39 is 10.0 Å². The Morgan fingerprint density at radius 1 is 1.17 bits per heavy atom. The van der Waals surface area contributed by atoms with Gasteiger partial charge in [0.2, 0.25) is 10.0 Å². The molecule has 8 nitrogen and oxygen atoms in total.